The van der Waals surface area contributed by atoms with Crippen LogP contribution < -0.4 is 5.73 Å². The second kappa shape index (κ2) is 6.51. The van der Waals surface area contributed by atoms with E-state index in [1.807, 2.05) is 0 Å². The van der Waals surface area contributed by atoms with Crippen LogP contribution in [-0.2, 0) is 11.3 Å². The molecule has 1 atom stereocenters. The van der Waals surface area contributed by atoms with E-state index in [-0.39, 0.29) is 24.2 Å². The summed E-state index contributed by atoms with van der Waals surface area (Å²) < 4.78 is 13.5. The lowest BCUT2D eigenvalue weighted by atomic mass is 10.1. The number of aliphatic hydroxyl groups excluding tert-OH is 1. The van der Waals surface area contributed by atoms with Gasteiger partial charge in [0.1, 0.15) is 12.4 Å². The fraction of sp³-hybridized carbons (Fsp3) is 0.400. The lowest BCUT2D eigenvalue weighted by molar-refractivity contribution is -0.121. The van der Waals surface area contributed by atoms with Crippen molar-refractivity contribution in [1.29, 1.82) is 0 Å². The Bertz CT molecular complexity index is 563. The molecule has 0 bridgehead atoms. The van der Waals surface area contributed by atoms with Gasteiger partial charge < -0.3 is 10.8 Å². The lowest BCUT2D eigenvalue weighted by Gasteiger charge is -2.15. The van der Waals surface area contributed by atoms with E-state index in [9.17, 15) is 9.18 Å². The fourth-order valence-corrected chi connectivity index (χ4v) is 2.42. The third kappa shape index (κ3) is 3.80. The van der Waals surface area contributed by atoms with Crippen LogP contribution in [-0.4, -0.2) is 35.6 Å². The second-order valence-electron chi connectivity index (χ2n) is 4.93. The van der Waals surface area contributed by atoms with Gasteiger partial charge in [0.2, 0.25) is 5.91 Å². The van der Waals surface area contributed by atoms with Crippen LogP contribution in [0.25, 0.3) is 0 Å². The van der Waals surface area contributed by atoms with E-state index < -0.39 is 0 Å². The molecule has 1 aliphatic heterocycles. The highest BCUT2D eigenvalue weighted by atomic mass is 19.1. The van der Waals surface area contributed by atoms with Gasteiger partial charge in [0.05, 0.1) is 5.92 Å². The number of hydrogen-bond acceptors (Lipinski definition) is 3. The highest BCUT2D eigenvalue weighted by Crippen LogP contribution is 2.19. The van der Waals surface area contributed by atoms with Crippen molar-refractivity contribution < 1.29 is 14.3 Å². The molecule has 0 aromatic heterocycles. The van der Waals surface area contributed by atoms with Gasteiger partial charge in [-0.25, -0.2) is 4.39 Å². The zero-order chi connectivity index (χ0) is 14.5. The predicted molar refractivity (Wildman–Crippen MR) is 72.9 cm³/mol. The lowest BCUT2D eigenvalue weighted by Crippen LogP contribution is -2.27. The van der Waals surface area contributed by atoms with Crippen molar-refractivity contribution in [1.82, 2.24) is 4.90 Å². The maximum atomic E-state index is 13.5. The van der Waals surface area contributed by atoms with Crippen molar-refractivity contribution in [2.24, 2.45) is 11.7 Å². The molecule has 20 heavy (non-hydrogen) atoms. The molecule has 1 aliphatic rings. The van der Waals surface area contributed by atoms with Gasteiger partial charge in [-0.3, -0.25) is 9.69 Å². The van der Waals surface area contributed by atoms with Crippen molar-refractivity contribution in [3.05, 3.63) is 35.1 Å². The van der Waals surface area contributed by atoms with Crippen LogP contribution in [0.1, 0.15) is 17.5 Å². The first-order chi connectivity index (χ1) is 9.58. The van der Waals surface area contributed by atoms with Crippen LogP contribution in [0.4, 0.5) is 4.39 Å². The van der Waals surface area contributed by atoms with Crippen LogP contribution in [0.2, 0.25) is 0 Å². The number of nitrogens with zero attached hydrogens (tertiary/aromatic N) is 1. The minimum Gasteiger partial charge on any atom is -0.384 e. The number of aliphatic hydroxyl groups is 1. The minimum atomic E-state index is -0.351. The van der Waals surface area contributed by atoms with E-state index in [4.69, 9.17) is 10.8 Å². The molecular weight excluding hydrogens is 259 g/mol. The molecule has 0 spiro atoms. The normalized spacial score (nSPS) is 18.6. The fourth-order valence-electron chi connectivity index (χ4n) is 2.42. The zero-order valence-electron chi connectivity index (χ0n) is 11.1. The van der Waals surface area contributed by atoms with E-state index >= 15 is 0 Å². The van der Waals surface area contributed by atoms with Crippen LogP contribution in [0, 0.1) is 23.6 Å². The Kier molecular flexibility index (Phi) is 4.72. The molecule has 3 N–H and O–H groups in total. The molecule has 2 rings (SSSR count). The number of likely N-dealkylation sites (tertiary alicyclic amines) is 1. The molecule has 1 fully saturated rings. The van der Waals surface area contributed by atoms with E-state index in [1.54, 1.807) is 6.07 Å². The number of rotatable bonds is 3. The number of hydrogen-bond donors (Lipinski definition) is 2. The Morgan fingerprint density at radius 2 is 2.30 bits per heavy atom. The van der Waals surface area contributed by atoms with Gasteiger partial charge >= 0.3 is 0 Å². The molecule has 4 nitrogen and oxygen atoms in total. The number of carbonyl (C=O) groups is 1. The van der Waals surface area contributed by atoms with Crippen molar-refractivity contribution in [3.63, 3.8) is 0 Å². The number of benzene rings is 1. The highest BCUT2D eigenvalue weighted by Gasteiger charge is 2.26. The minimum absolute atomic E-state index is 0.114. The Morgan fingerprint density at radius 3 is 2.95 bits per heavy atom. The quantitative estimate of drug-likeness (QED) is 0.789. The molecule has 1 aromatic carbocycles. The molecule has 1 unspecified atom stereocenters. The number of nitrogens with two attached hydrogens (primary N) is 1. The highest BCUT2D eigenvalue weighted by molar-refractivity contribution is 5.77. The maximum Gasteiger partial charge on any atom is 0.221 e. The largest absolute Gasteiger partial charge is 0.384 e. The molecule has 0 aliphatic carbocycles. The summed E-state index contributed by atoms with van der Waals surface area (Å²) in [6.07, 6.45) is 0.752. The summed E-state index contributed by atoms with van der Waals surface area (Å²) in [6, 6.07) is 4.59. The van der Waals surface area contributed by atoms with Gasteiger partial charge in [-0.2, -0.15) is 0 Å². The van der Waals surface area contributed by atoms with Crippen molar-refractivity contribution >= 4 is 5.91 Å². The van der Waals surface area contributed by atoms with Crippen LogP contribution in [0.15, 0.2) is 18.2 Å². The third-order valence-corrected chi connectivity index (χ3v) is 3.35. The van der Waals surface area contributed by atoms with E-state index in [0.717, 1.165) is 18.5 Å². The number of amides is 1. The molecule has 5 heteroatoms. The summed E-state index contributed by atoms with van der Waals surface area (Å²) in [4.78, 5) is 13.2. The smallest absolute Gasteiger partial charge is 0.221 e. The molecule has 106 valence electrons. The van der Waals surface area contributed by atoms with Crippen molar-refractivity contribution in [2.45, 2.75) is 13.0 Å². The van der Waals surface area contributed by atoms with E-state index in [0.29, 0.717) is 18.7 Å². The van der Waals surface area contributed by atoms with Crippen LogP contribution in [0.3, 0.4) is 0 Å². The maximum absolute atomic E-state index is 13.5. The second-order valence-corrected chi connectivity index (χ2v) is 4.93. The van der Waals surface area contributed by atoms with E-state index in [1.165, 1.54) is 12.1 Å². The van der Waals surface area contributed by atoms with Gasteiger partial charge in [0.15, 0.2) is 0 Å². The molecule has 1 heterocycles. The summed E-state index contributed by atoms with van der Waals surface area (Å²) in [6.45, 7) is 1.71. The number of carbonyl (C=O) groups excluding carboxylic acids is 1. The Labute approximate surface area is 117 Å². The van der Waals surface area contributed by atoms with Gasteiger partial charge in [0.25, 0.3) is 0 Å². The SMILES string of the molecule is NC(=O)C1CCN(Cc2cc(F)cc(C#CCO)c2)C1. The first-order valence-corrected chi connectivity index (χ1v) is 6.49. The first-order valence-electron chi connectivity index (χ1n) is 6.49. The molecule has 1 aromatic rings. The molecule has 0 radical (unpaired) electrons. The summed E-state index contributed by atoms with van der Waals surface area (Å²) in [7, 11) is 0. The summed E-state index contributed by atoms with van der Waals surface area (Å²) >= 11 is 0. The standard InChI is InChI=1S/C15H17FN2O2/c16-14-7-11(2-1-5-19)6-12(8-14)9-18-4-3-13(10-18)15(17)20/h6-8,13,19H,3-5,9-10H2,(H2,17,20). The molecule has 1 amide bonds. The average molecular weight is 276 g/mol. The Balaban J connectivity index is 2.06. The van der Waals surface area contributed by atoms with Gasteiger partial charge in [-0.05, 0) is 36.7 Å². The summed E-state index contributed by atoms with van der Waals surface area (Å²) in [5.74, 6) is 4.45. The monoisotopic (exact) mass is 276 g/mol. The number of halogens is 1. The van der Waals surface area contributed by atoms with Crippen molar-refractivity contribution in [3.8, 4) is 11.8 Å². The van der Waals surface area contributed by atoms with E-state index in [2.05, 4.69) is 16.7 Å². The first kappa shape index (κ1) is 14.5. The molecule has 0 saturated carbocycles. The topological polar surface area (TPSA) is 66.6 Å². The zero-order valence-corrected chi connectivity index (χ0v) is 11.1. The molecule has 1 saturated heterocycles. The van der Waals surface area contributed by atoms with Gasteiger partial charge in [-0.1, -0.05) is 11.8 Å². The molecular formula is C15H17FN2O2. The Hall–Kier alpha value is -1.90. The van der Waals surface area contributed by atoms with Crippen LogP contribution >= 0.6 is 0 Å². The third-order valence-electron chi connectivity index (χ3n) is 3.35. The van der Waals surface area contributed by atoms with Crippen LogP contribution in [0.5, 0.6) is 0 Å². The summed E-state index contributed by atoms with van der Waals surface area (Å²) in [5.41, 5.74) is 6.63. The average Bonchev–Trinajstić information content (AvgIpc) is 2.84. The number of primary amides is 1. The predicted octanol–water partition coefficient (Wildman–Crippen LogP) is 0.477. The Morgan fingerprint density at radius 1 is 1.50 bits per heavy atom. The van der Waals surface area contributed by atoms with Gasteiger partial charge in [0, 0.05) is 18.7 Å². The van der Waals surface area contributed by atoms with Gasteiger partial charge in [-0.15, -0.1) is 0 Å². The summed E-state index contributed by atoms with van der Waals surface area (Å²) in [5, 5.41) is 8.66. The van der Waals surface area contributed by atoms with Crippen molar-refractivity contribution in [2.75, 3.05) is 19.7 Å².